The van der Waals surface area contributed by atoms with Gasteiger partial charge in [-0.25, -0.2) is 4.79 Å². The summed E-state index contributed by atoms with van der Waals surface area (Å²) in [6.07, 6.45) is 8.47. The number of esters is 1. The molecule has 0 radical (unpaired) electrons. The van der Waals surface area contributed by atoms with Crippen LogP contribution in [0.25, 0.3) is 22.0 Å². The van der Waals surface area contributed by atoms with Crippen LogP contribution in [-0.2, 0) is 9.53 Å². The Balaban J connectivity index is 1.93. The fourth-order valence-corrected chi connectivity index (χ4v) is 2.94. The third-order valence-corrected chi connectivity index (χ3v) is 4.40. The standard InChI is InChI=1S/C17H16Cl2N4O2/c1-2-25-14(24)4-3-5-20-13-6-12(18)16(19)17-15(13)11(9-21-17)10-7-22-23-8-10/h3-4,6-9,20-21H,2,5H2,1H3,(H,22,23)/b4-3+. The lowest BCUT2D eigenvalue weighted by molar-refractivity contribution is -0.137. The monoisotopic (exact) mass is 378 g/mol. The summed E-state index contributed by atoms with van der Waals surface area (Å²) < 4.78 is 4.85. The second kappa shape index (κ2) is 7.63. The van der Waals surface area contributed by atoms with Crippen molar-refractivity contribution in [2.75, 3.05) is 18.5 Å². The van der Waals surface area contributed by atoms with Crippen molar-refractivity contribution in [1.82, 2.24) is 15.2 Å². The third-order valence-electron chi connectivity index (χ3n) is 3.61. The van der Waals surface area contributed by atoms with Gasteiger partial charge in [-0.3, -0.25) is 5.10 Å². The Morgan fingerprint density at radius 2 is 2.24 bits per heavy atom. The van der Waals surface area contributed by atoms with E-state index in [0.717, 1.165) is 27.7 Å². The molecule has 1 aromatic carbocycles. The Bertz CT molecular complexity index is 917. The zero-order valence-electron chi connectivity index (χ0n) is 13.4. The number of rotatable bonds is 6. The quantitative estimate of drug-likeness (QED) is 0.438. The Morgan fingerprint density at radius 1 is 1.40 bits per heavy atom. The number of benzene rings is 1. The van der Waals surface area contributed by atoms with Gasteiger partial charge in [0.15, 0.2) is 0 Å². The molecule has 0 unspecified atom stereocenters. The molecule has 25 heavy (non-hydrogen) atoms. The predicted molar refractivity (Wildman–Crippen MR) is 100 cm³/mol. The second-order valence-electron chi connectivity index (χ2n) is 5.19. The minimum atomic E-state index is -0.371. The van der Waals surface area contributed by atoms with Crippen LogP contribution >= 0.6 is 23.2 Å². The van der Waals surface area contributed by atoms with Gasteiger partial charge in [0, 0.05) is 47.2 Å². The first-order valence-electron chi connectivity index (χ1n) is 7.67. The van der Waals surface area contributed by atoms with E-state index in [4.69, 9.17) is 27.9 Å². The predicted octanol–water partition coefficient (Wildman–Crippen LogP) is 4.40. The van der Waals surface area contributed by atoms with Gasteiger partial charge < -0.3 is 15.0 Å². The number of hydrogen-bond acceptors (Lipinski definition) is 4. The van der Waals surface area contributed by atoms with E-state index in [0.29, 0.717) is 23.2 Å². The zero-order valence-corrected chi connectivity index (χ0v) is 14.9. The molecular formula is C17H16Cl2N4O2. The summed E-state index contributed by atoms with van der Waals surface area (Å²) in [4.78, 5) is 14.5. The van der Waals surface area contributed by atoms with E-state index in [9.17, 15) is 4.79 Å². The molecule has 0 aliphatic rings. The topological polar surface area (TPSA) is 82.8 Å². The van der Waals surface area contributed by atoms with Gasteiger partial charge in [0.25, 0.3) is 0 Å². The van der Waals surface area contributed by atoms with Gasteiger partial charge in [0.2, 0.25) is 0 Å². The summed E-state index contributed by atoms with van der Waals surface area (Å²) in [6.45, 7) is 2.54. The molecule has 0 saturated carbocycles. The van der Waals surface area contributed by atoms with Crippen LogP contribution < -0.4 is 5.32 Å². The van der Waals surface area contributed by atoms with Crippen LogP contribution in [0.3, 0.4) is 0 Å². The van der Waals surface area contributed by atoms with Crippen LogP contribution in [0.1, 0.15) is 6.92 Å². The highest BCUT2D eigenvalue weighted by Crippen LogP contribution is 2.40. The molecule has 0 aliphatic heterocycles. The normalized spacial score (nSPS) is 11.3. The summed E-state index contributed by atoms with van der Waals surface area (Å²) in [5.41, 5.74) is 3.41. The summed E-state index contributed by atoms with van der Waals surface area (Å²) in [6, 6.07) is 1.77. The SMILES string of the molecule is CCOC(=O)/C=C/CNc1cc(Cl)c(Cl)c2[nH]cc(-c3cn[nH]c3)c12. The van der Waals surface area contributed by atoms with Gasteiger partial charge in [0.1, 0.15) is 0 Å². The van der Waals surface area contributed by atoms with Crippen LogP contribution in [0.15, 0.2) is 36.8 Å². The zero-order chi connectivity index (χ0) is 17.8. The highest BCUT2D eigenvalue weighted by Gasteiger charge is 2.16. The highest BCUT2D eigenvalue weighted by atomic mass is 35.5. The molecule has 8 heteroatoms. The number of halogens is 2. The lowest BCUT2D eigenvalue weighted by Gasteiger charge is -2.10. The van der Waals surface area contributed by atoms with Gasteiger partial charge in [-0.15, -0.1) is 0 Å². The molecule has 0 atom stereocenters. The molecular weight excluding hydrogens is 363 g/mol. The number of hydrogen-bond donors (Lipinski definition) is 3. The average molecular weight is 379 g/mol. The number of carbonyl (C=O) groups excluding carboxylic acids is 1. The fourth-order valence-electron chi connectivity index (χ4n) is 2.54. The van der Waals surface area contributed by atoms with Crippen molar-refractivity contribution in [2.24, 2.45) is 0 Å². The minimum Gasteiger partial charge on any atom is -0.463 e. The first-order valence-corrected chi connectivity index (χ1v) is 8.42. The van der Waals surface area contributed by atoms with Crippen molar-refractivity contribution in [3.05, 3.63) is 46.9 Å². The number of anilines is 1. The van der Waals surface area contributed by atoms with E-state index >= 15 is 0 Å². The average Bonchev–Trinajstić information content (AvgIpc) is 3.25. The molecule has 0 fully saturated rings. The van der Waals surface area contributed by atoms with Crippen LogP contribution in [0.4, 0.5) is 5.69 Å². The molecule has 0 aliphatic carbocycles. The van der Waals surface area contributed by atoms with Crippen molar-refractivity contribution in [2.45, 2.75) is 6.92 Å². The van der Waals surface area contributed by atoms with Crippen molar-refractivity contribution >= 4 is 45.8 Å². The van der Waals surface area contributed by atoms with Gasteiger partial charge in [0.05, 0.1) is 28.4 Å². The molecule has 130 valence electrons. The van der Waals surface area contributed by atoms with E-state index in [1.54, 1.807) is 31.5 Å². The summed E-state index contributed by atoms with van der Waals surface area (Å²) in [5, 5.41) is 11.8. The molecule has 3 N–H and O–H groups in total. The van der Waals surface area contributed by atoms with Crippen LogP contribution in [0, 0.1) is 0 Å². The minimum absolute atomic E-state index is 0.349. The number of ether oxygens (including phenoxy) is 1. The van der Waals surface area contributed by atoms with Crippen molar-refractivity contribution in [3.8, 4) is 11.1 Å². The first kappa shape index (κ1) is 17.4. The summed E-state index contributed by atoms with van der Waals surface area (Å²) in [7, 11) is 0. The molecule has 0 bridgehead atoms. The van der Waals surface area contributed by atoms with Crippen molar-refractivity contribution in [1.29, 1.82) is 0 Å². The Kier molecular flexibility index (Phi) is 5.31. The van der Waals surface area contributed by atoms with Crippen LogP contribution in [-0.4, -0.2) is 34.3 Å². The molecule has 0 amide bonds. The van der Waals surface area contributed by atoms with E-state index in [1.165, 1.54) is 6.08 Å². The fraction of sp³-hybridized carbons (Fsp3) is 0.176. The van der Waals surface area contributed by atoms with Crippen molar-refractivity contribution in [3.63, 3.8) is 0 Å². The number of aromatic amines is 2. The van der Waals surface area contributed by atoms with Gasteiger partial charge in [-0.1, -0.05) is 29.3 Å². The lowest BCUT2D eigenvalue weighted by atomic mass is 10.1. The largest absolute Gasteiger partial charge is 0.463 e. The lowest BCUT2D eigenvalue weighted by Crippen LogP contribution is -2.03. The molecule has 3 aromatic rings. The number of nitrogens with zero attached hydrogens (tertiary/aromatic N) is 1. The van der Waals surface area contributed by atoms with E-state index < -0.39 is 0 Å². The third kappa shape index (κ3) is 3.65. The molecule has 0 saturated heterocycles. The first-order chi connectivity index (χ1) is 12.1. The maximum Gasteiger partial charge on any atom is 0.330 e. The molecule has 3 rings (SSSR count). The van der Waals surface area contributed by atoms with E-state index in [1.807, 2.05) is 6.20 Å². The number of aromatic nitrogens is 3. The highest BCUT2D eigenvalue weighted by molar-refractivity contribution is 6.46. The Hall–Kier alpha value is -2.44. The summed E-state index contributed by atoms with van der Waals surface area (Å²) >= 11 is 12.5. The van der Waals surface area contributed by atoms with Crippen molar-refractivity contribution < 1.29 is 9.53 Å². The van der Waals surface area contributed by atoms with E-state index in [-0.39, 0.29) is 5.97 Å². The maximum absolute atomic E-state index is 11.3. The van der Waals surface area contributed by atoms with Gasteiger partial charge >= 0.3 is 5.97 Å². The molecule has 6 nitrogen and oxygen atoms in total. The van der Waals surface area contributed by atoms with Gasteiger partial charge in [-0.2, -0.15) is 5.10 Å². The smallest absolute Gasteiger partial charge is 0.330 e. The molecule has 2 aromatic heterocycles. The van der Waals surface area contributed by atoms with Gasteiger partial charge in [-0.05, 0) is 13.0 Å². The van der Waals surface area contributed by atoms with Crippen LogP contribution in [0.5, 0.6) is 0 Å². The Morgan fingerprint density at radius 3 is 2.96 bits per heavy atom. The van der Waals surface area contributed by atoms with E-state index in [2.05, 4.69) is 20.5 Å². The maximum atomic E-state index is 11.3. The number of nitrogens with one attached hydrogen (secondary N) is 3. The van der Waals surface area contributed by atoms with Crippen LogP contribution in [0.2, 0.25) is 10.0 Å². The number of H-pyrrole nitrogens is 2. The number of carbonyl (C=O) groups is 1. The second-order valence-corrected chi connectivity index (χ2v) is 5.98. The molecule has 0 spiro atoms. The number of fused-ring (bicyclic) bond motifs is 1. The Labute approximate surface area is 154 Å². The molecule has 2 heterocycles. The summed E-state index contributed by atoms with van der Waals surface area (Å²) in [5.74, 6) is -0.371.